The van der Waals surface area contributed by atoms with E-state index in [-0.39, 0.29) is 12.4 Å². The van der Waals surface area contributed by atoms with E-state index in [2.05, 4.69) is 5.32 Å². The van der Waals surface area contributed by atoms with Gasteiger partial charge in [-0.25, -0.2) is 0 Å². The molecular formula is C18H23ClN2O3. The molecule has 2 rings (SSSR count). The molecule has 2 aromatic rings. The van der Waals surface area contributed by atoms with Crippen LogP contribution in [0.3, 0.4) is 0 Å². The molecule has 0 heterocycles. The predicted molar refractivity (Wildman–Crippen MR) is 97.1 cm³/mol. The number of amides is 1. The topological polar surface area (TPSA) is 73.6 Å². The Bertz CT molecular complexity index is 608. The van der Waals surface area contributed by atoms with Gasteiger partial charge < -0.3 is 20.5 Å². The highest BCUT2D eigenvalue weighted by Crippen LogP contribution is 2.16. The lowest BCUT2D eigenvalue weighted by Crippen LogP contribution is -2.24. The van der Waals surface area contributed by atoms with Gasteiger partial charge in [-0.15, -0.1) is 12.4 Å². The van der Waals surface area contributed by atoms with Crippen LogP contribution in [0.5, 0.6) is 11.5 Å². The molecule has 1 amide bonds. The van der Waals surface area contributed by atoms with Crippen LogP contribution in [-0.4, -0.2) is 32.2 Å². The van der Waals surface area contributed by atoms with E-state index >= 15 is 0 Å². The van der Waals surface area contributed by atoms with E-state index in [1.54, 1.807) is 18.2 Å². The predicted octanol–water partition coefficient (Wildman–Crippen LogP) is 2.64. The molecule has 0 saturated heterocycles. The number of carbonyl (C=O) groups is 1. The molecule has 0 spiro atoms. The van der Waals surface area contributed by atoms with Crippen molar-refractivity contribution in [2.45, 2.75) is 6.42 Å². The number of para-hydroxylation sites is 2. The summed E-state index contributed by atoms with van der Waals surface area (Å²) >= 11 is 0. The molecule has 0 unspecified atom stereocenters. The minimum absolute atomic E-state index is 0. The van der Waals surface area contributed by atoms with Gasteiger partial charge in [-0.05, 0) is 37.2 Å². The SMILES string of the molecule is Cl.NC(=O)c1ccccc1OCCNCCCOc1ccccc1. The van der Waals surface area contributed by atoms with E-state index in [4.69, 9.17) is 15.2 Å². The molecular weight excluding hydrogens is 328 g/mol. The number of nitrogens with two attached hydrogens (primary N) is 1. The second-order valence-electron chi connectivity index (χ2n) is 4.97. The lowest BCUT2D eigenvalue weighted by Gasteiger charge is -2.10. The first-order chi connectivity index (χ1) is 11.3. The normalized spacial score (nSPS) is 9.83. The minimum Gasteiger partial charge on any atom is -0.494 e. The molecule has 0 saturated carbocycles. The maximum absolute atomic E-state index is 11.3. The quantitative estimate of drug-likeness (QED) is 0.646. The summed E-state index contributed by atoms with van der Waals surface area (Å²) in [5, 5.41) is 3.27. The third-order valence-electron chi connectivity index (χ3n) is 3.20. The fourth-order valence-corrected chi connectivity index (χ4v) is 2.06. The number of carbonyl (C=O) groups excluding carboxylic acids is 1. The molecule has 3 N–H and O–H groups in total. The zero-order chi connectivity index (χ0) is 16.3. The van der Waals surface area contributed by atoms with Crippen LogP contribution in [-0.2, 0) is 0 Å². The maximum Gasteiger partial charge on any atom is 0.252 e. The molecule has 24 heavy (non-hydrogen) atoms. The molecule has 6 heteroatoms. The fraction of sp³-hybridized carbons (Fsp3) is 0.278. The molecule has 5 nitrogen and oxygen atoms in total. The van der Waals surface area contributed by atoms with E-state index in [9.17, 15) is 4.79 Å². The first kappa shape index (κ1) is 19.8. The largest absolute Gasteiger partial charge is 0.494 e. The maximum atomic E-state index is 11.3. The van der Waals surface area contributed by atoms with Gasteiger partial charge in [-0.2, -0.15) is 0 Å². The summed E-state index contributed by atoms with van der Waals surface area (Å²) in [5.41, 5.74) is 5.71. The number of halogens is 1. The minimum atomic E-state index is -0.480. The highest BCUT2D eigenvalue weighted by Gasteiger charge is 2.07. The Kier molecular flexibility index (Phi) is 9.34. The van der Waals surface area contributed by atoms with Crippen molar-refractivity contribution in [2.24, 2.45) is 5.73 Å². The van der Waals surface area contributed by atoms with Crippen LogP contribution in [0.15, 0.2) is 54.6 Å². The number of ether oxygens (including phenoxy) is 2. The molecule has 0 radical (unpaired) electrons. The van der Waals surface area contributed by atoms with Crippen LogP contribution in [0, 0.1) is 0 Å². The summed E-state index contributed by atoms with van der Waals surface area (Å²) in [6, 6.07) is 16.7. The van der Waals surface area contributed by atoms with Crippen LogP contribution in [0.25, 0.3) is 0 Å². The van der Waals surface area contributed by atoms with Gasteiger partial charge in [0.15, 0.2) is 0 Å². The summed E-state index contributed by atoms with van der Waals surface area (Å²) in [5.74, 6) is 0.930. The van der Waals surface area contributed by atoms with E-state index in [0.717, 1.165) is 18.7 Å². The highest BCUT2D eigenvalue weighted by atomic mass is 35.5. The summed E-state index contributed by atoms with van der Waals surface area (Å²) in [4.78, 5) is 11.3. The summed E-state index contributed by atoms with van der Waals surface area (Å²) in [6.45, 7) is 2.68. The molecule has 0 fully saturated rings. The second-order valence-corrected chi connectivity index (χ2v) is 4.97. The highest BCUT2D eigenvalue weighted by molar-refractivity contribution is 5.95. The van der Waals surface area contributed by atoms with Crippen molar-refractivity contribution in [1.29, 1.82) is 0 Å². The summed E-state index contributed by atoms with van der Waals surface area (Å²) in [7, 11) is 0. The molecule has 2 aromatic carbocycles. The van der Waals surface area contributed by atoms with E-state index in [0.29, 0.717) is 31.1 Å². The zero-order valence-corrected chi connectivity index (χ0v) is 14.3. The average Bonchev–Trinajstić information content (AvgIpc) is 2.58. The molecule has 0 aliphatic carbocycles. The average molecular weight is 351 g/mol. The van der Waals surface area contributed by atoms with Crippen LogP contribution in [0.4, 0.5) is 0 Å². The van der Waals surface area contributed by atoms with Crippen LogP contribution < -0.4 is 20.5 Å². The Balaban J connectivity index is 0.00000288. The standard InChI is InChI=1S/C18H22N2O3.ClH/c19-18(21)16-9-4-5-10-17(16)23-14-12-20-11-6-13-22-15-7-2-1-3-8-15;/h1-5,7-10,20H,6,11-14H2,(H2,19,21);1H. The first-order valence-electron chi connectivity index (χ1n) is 7.67. The van der Waals surface area contributed by atoms with Gasteiger partial charge in [0.1, 0.15) is 18.1 Å². The number of rotatable bonds is 10. The number of primary amides is 1. The van der Waals surface area contributed by atoms with Crippen molar-refractivity contribution in [3.63, 3.8) is 0 Å². The van der Waals surface area contributed by atoms with Crippen LogP contribution in [0.1, 0.15) is 16.8 Å². The molecule has 0 atom stereocenters. The van der Waals surface area contributed by atoms with Gasteiger partial charge in [0.25, 0.3) is 5.91 Å². The Morgan fingerprint density at radius 1 is 0.917 bits per heavy atom. The lowest BCUT2D eigenvalue weighted by atomic mass is 10.2. The van der Waals surface area contributed by atoms with Gasteiger partial charge in [0.2, 0.25) is 0 Å². The first-order valence-corrected chi connectivity index (χ1v) is 7.67. The van der Waals surface area contributed by atoms with Crippen molar-refractivity contribution in [3.8, 4) is 11.5 Å². The van der Waals surface area contributed by atoms with Crippen molar-refractivity contribution >= 4 is 18.3 Å². The number of hydrogen-bond donors (Lipinski definition) is 2. The van der Waals surface area contributed by atoms with Gasteiger partial charge in [-0.3, -0.25) is 4.79 Å². The third kappa shape index (κ3) is 6.89. The molecule has 130 valence electrons. The molecule has 0 bridgehead atoms. The van der Waals surface area contributed by atoms with Crippen molar-refractivity contribution in [1.82, 2.24) is 5.32 Å². The van der Waals surface area contributed by atoms with Crippen LogP contribution in [0.2, 0.25) is 0 Å². The van der Waals surface area contributed by atoms with E-state index in [1.165, 1.54) is 0 Å². The number of nitrogens with one attached hydrogen (secondary N) is 1. The van der Waals surface area contributed by atoms with E-state index in [1.807, 2.05) is 36.4 Å². The van der Waals surface area contributed by atoms with Crippen molar-refractivity contribution < 1.29 is 14.3 Å². The van der Waals surface area contributed by atoms with Gasteiger partial charge >= 0.3 is 0 Å². The monoisotopic (exact) mass is 350 g/mol. The van der Waals surface area contributed by atoms with Gasteiger partial charge in [0, 0.05) is 6.54 Å². The van der Waals surface area contributed by atoms with Crippen molar-refractivity contribution in [2.75, 3.05) is 26.3 Å². The summed E-state index contributed by atoms with van der Waals surface area (Å²) in [6.07, 6.45) is 0.909. The zero-order valence-electron chi connectivity index (χ0n) is 13.4. The Morgan fingerprint density at radius 2 is 1.62 bits per heavy atom. The smallest absolute Gasteiger partial charge is 0.252 e. The molecule has 0 aliphatic rings. The lowest BCUT2D eigenvalue weighted by molar-refractivity contribution is 0.0996. The van der Waals surface area contributed by atoms with E-state index < -0.39 is 5.91 Å². The third-order valence-corrected chi connectivity index (χ3v) is 3.20. The Hall–Kier alpha value is -2.24. The number of hydrogen-bond acceptors (Lipinski definition) is 4. The molecule has 0 aromatic heterocycles. The fourth-order valence-electron chi connectivity index (χ4n) is 2.06. The van der Waals surface area contributed by atoms with Crippen LogP contribution >= 0.6 is 12.4 Å². The van der Waals surface area contributed by atoms with Gasteiger partial charge in [0.05, 0.1) is 12.2 Å². The molecule has 0 aliphatic heterocycles. The van der Waals surface area contributed by atoms with Crippen molar-refractivity contribution in [3.05, 3.63) is 60.2 Å². The second kappa shape index (κ2) is 11.3. The Morgan fingerprint density at radius 3 is 2.38 bits per heavy atom. The summed E-state index contributed by atoms with van der Waals surface area (Å²) < 4.78 is 11.2. The Labute approximate surface area is 148 Å². The number of benzene rings is 2. The van der Waals surface area contributed by atoms with Gasteiger partial charge in [-0.1, -0.05) is 30.3 Å².